The van der Waals surface area contributed by atoms with E-state index in [2.05, 4.69) is 86.0 Å². The average molecular weight is 725 g/mol. The smallest absolute Gasteiger partial charge is 0.326 e. The summed E-state index contributed by atoms with van der Waals surface area (Å²) < 4.78 is 5.91. The number of esters is 1. The molecule has 7 nitrogen and oxygen atoms in total. The Kier molecular flexibility index (Phi) is 36.6. The fourth-order valence-electron chi connectivity index (χ4n) is 5.62. The number of hydrogen-bond acceptors (Lipinski definition) is 5. The number of nitrogens with one attached hydrogen (secondary N) is 1. The molecule has 296 valence electrons. The van der Waals surface area contributed by atoms with Crippen LogP contribution in [0.4, 0.5) is 0 Å². The Bertz CT molecular complexity index is 1040. The van der Waals surface area contributed by atoms with Crippen LogP contribution in [0, 0.1) is 0 Å². The van der Waals surface area contributed by atoms with Gasteiger partial charge in [-0.05, 0) is 109 Å². The first-order valence-electron chi connectivity index (χ1n) is 20.8. The lowest BCUT2D eigenvalue weighted by Crippen LogP contribution is -2.40. The molecule has 2 unspecified atom stereocenters. The summed E-state index contributed by atoms with van der Waals surface area (Å²) in [4.78, 5) is 36.3. The van der Waals surface area contributed by atoms with Gasteiger partial charge in [-0.1, -0.05) is 132 Å². The minimum absolute atomic E-state index is 0.115. The molecule has 0 spiro atoms. The molecule has 0 aromatic carbocycles. The zero-order valence-corrected chi connectivity index (χ0v) is 33.1. The molecule has 7 heteroatoms. The molecular weight excluding hydrogens is 649 g/mol. The van der Waals surface area contributed by atoms with Gasteiger partial charge in [0, 0.05) is 12.8 Å². The summed E-state index contributed by atoms with van der Waals surface area (Å²) >= 11 is 0. The van der Waals surface area contributed by atoms with Gasteiger partial charge in [0.25, 0.3) is 0 Å². The number of allylic oxidation sites excluding steroid dienone is 11. The summed E-state index contributed by atoms with van der Waals surface area (Å²) in [6.45, 7) is 4.78. The highest BCUT2D eigenvalue weighted by Crippen LogP contribution is 2.15. The highest BCUT2D eigenvalue weighted by molar-refractivity contribution is 5.83. The zero-order valence-electron chi connectivity index (χ0n) is 33.1. The van der Waals surface area contributed by atoms with Gasteiger partial charge in [-0.15, -0.1) is 0 Å². The number of carboxylic acid groups (broad SMARTS) is 1. The standard InChI is InChI=1S/C45H76N2O5/c1-3-5-7-9-11-13-15-16-17-18-20-22-24-29-33-39-44(49)52-41(35-30-26-23-21-19-14-12-10-8-6-4-2)36-31-27-25-28-32-38-43(48)47-42(45(50)51)37-34-40-46/h6,8,11-14,16-17,21,23,30,35,41-42H,3-5,7,9-10,15,18-20,22,24-29,31-34,36-40,46H2,1-2H3,(H,47,48)(H,50,51)/b8-6-,13-11-,14-12-,17-16-,23-21-,35-30-. The van der Waals surface area contributed by atoms with E-state index in [1.807, 2.05) is 6.08 Å². The number of hydrogen-bond donors (Lipinski definition) is 3. The molecule has 0 fully saturated rings. The van der Waals surface area contributed by atoms with Gasteiger partial charge in [-0.2, -0.15) is 0 Å². The van der Waals surface area contributed by atoms with Crippen molar-refractivity contribution in [1.29, 1.82) is 0 Å². The molecule has 52 heavy (non-hydrogen) atoms. The molecule has 2 atom stereocenters. The van der Waals surface area contributed by atoms with Crippen molar-refractivity contribution in [3.63, 3.8) is 0 Å². The van der Waals surface area contributed by atoms with Crippen LogP contribution in [-0.2, 0) is 19.1 Å². The molecule has 1 amide bonds. The van der Waals surface area contributed by atoms with Crippen LogP contribution in [0.3, 0.4) is 0 Å². The molecule has 0 aromatic rings. The second-order valence-electron chi connectivity index (χ2n) is 13.7. The Hall–Kier alpha value is -3.19. The summed E-state index contributed by atoms with van der Waals surface area (Å²) in [7, 11) is 0. The number of aliphatic carboxylic acids is 1. The normalized spacial score (nSPS) is 13.4. The molecule has 0 radical (unpaired) electrons. The van der Waals surface area contributed by atoms with Gasteiger partial charge in [-0.25, -0.2) is 4.79 Å². The van der Waals surface area contributed by atoms with Gasteiger partial charge >= 0.3 is 11.9 Å². The largest absolute Gasteiger partial charge is 0.480 e. The second kappa shape index (κ2) is 39.0. The van der Waals surface area contributed by atoms with Crippen molar-refractivity contribution in [3.8, 4) is 0 Å². The van der Waals surface area contributed by atoms with E-state index in [1.165, 1.54) is 38.5 Å². The van der Waals surface area contributed by atoms with E-state index in [4.69, 9.17) is 10.5 Å². The Balaban J connectivity index is 4.48. The maximum absolute atomic E-state index is 12.7. The van der Waals surface area contributed by atoms with Crippen LogP contribution in [0.2, 0.25) is 0 Å². The quantitative estimate of drug-likeness (QED) is 0.0336. The predicted octanol–water partition coefficient (Wildman–Crippen LogP) is 11.6. The topological polar surface area (TPSA) is 119 Å². The number of carboxylic acids is 1. The summed E-state index contributed by atoms with van der Waals surface area (Å²) in [5, 5.41) is 11.9. The van der Waals surface area contributed by atoms with Gasteiger partial charge in [0.2, 0.25) is 5.91 Å². The van der Waals surface area contributed by atoms with E-state index >= 15 is 0 Å². The van der Waals surface area contributed by atoms with Crippen LogP contribution in [0.5, 0.6) is 0 Å². The molecule has 0 aliphatic carbocycles. The van der Waals surface area contributed by atoms with Crippen molar-refractivity contribution in [2.75, 3.05) is 6.54 Å². The Labute approximate surface area is 318 Å². The summed E-state index contributed by atoms with van der Waals surface area (Å²) in [5.74, 6) is -1.36. The first-order chi connectivity index (χ1) is 25.4. The van der Waals surface area contributed by atoms with Gasteiger partial charge in [0.1, 0.15) is 12.1 Å². The van der Waals surface area contributed by atoms with Gasteiger partial charge in [0.15, 0.2) is 0 Å². The second-order valence-corrected chi connectivity index (χ2v) is 13.7. The monoisotopic (exact) mass is 725 g/mol. The van der Waals surface area contributed by atoms with Crippen molar-refractivity contribution in [3.05, 3.63) is 72.9 Å². The molecule has 0 rings (SSSR count). The number of carbonyl (C=O) groups is 3. The Morgan fingerprint density at radius 1 is 0.596 bits per heavy atom. The van der Waals surface area contributed by atoms with Crippen LogP contribution in [0.25, 0.3) is 0 Å². The average Bonchev–Trinajstić information content (AvgIpc) is 3.13. The lowest BCUT2D eigenvalue weighted by atomic mass is 10.1. The maximum Gasteiger partial charge on any atom is 0.326 e. The minimum atomic E-state index is -1.02. The highest BCUT2D eigenvalue weighted by Gasteiger charge is 2.18. The summed E-state index contributed by atoms with van der Waals surface area (Å²) in [5.41, 5.74) is 5.47. The summed E-state index contributed by atoms with van der Waals surface area (Å²) in [6, 6.07) is -0.871. The predicted molar refractivity (Wildman–Crippen MR) is 220 cm³/mol. The number of unbranched alkanes of at least 4 members (excludes halogenated alkanes) is 12. The van der Waals surface area contributed by atoms with E-state index in [9.17, 15) is 19.5 Å². The molecule has 0 aromatic heterocycles. The third kappa shape index (κ3) is 35.2. The maximum atomic E-state index is 12.7. The van der Waals surface area contributed by atoms with Gasteiger partial charge in [0.05, 0.1) is 0 Å². The fraction of sp³-hybridized carbons (Fsp3) is 0.667. The van der Waals surface area contributed by atoms with Gasteiger partial charge < -0.3 is 20.9 Å². The number of rotatable bonds is 36. The van der Waals surface area contributed by atoms with Gasteiger partial charge in [-0.3, -0.25) is 9.59 Å². The van der Waals surface area contributed by atoms with E-state index < -0.39 is 12.0 Å². The van der Waals surface area contributed by atoms with Crippen LogP contribution in [0.15, 0.2) is 72.9 Å². The molecule has 4 N–H and O–H groups in total. The molecule has 0 aliphatic heterocycles. The van der Waals surface area contributed by atoms with Crippen molar-refractivity contribution in [2.45, 2.75) is 187 Å². The lowest BCUT2D eigenvalue weighted by Gasteiger charge is -2.15. The molecule has 0 bridgehead atoms. The number of ether oxygens (including phenoxy) is 1. The van der Waals surface area contributed by atoms with Crippen molar-refractivity contribution in [2.24, 2.45) is 5.73 Å². The van der Waals surface area contributed by atoms with E-state index in [1.54, 1.807) is 0 Å². The van der Waals surface area contributed by atoms with E-state index in [0.717, 1.165) is 96.3 Å². The Morgan fingerprint density at radius 3 is 1.71 bits per heavy atom. The highest BCUT2D eigenvalue weighted by atomic mass is 16.5. The van der Waals surface area contributed by atoms with Crippen molar-refractivity contribution < 1.29 is 24.2 Å². The first kappa shape index (κ1) is 48.8. The van der Waals surface area contributed by atoms with Crippen molar-refractivity contribution in [1.82, 2.24) is 5.32 Å². The molecular formula is C45H76N2O5. The Morgan fingerprint density at radius 2 is 1.12 bits per heavy atom. The van der Waals surface area contributed by atoms with E-state index in [-0.39, 0.29) is 18.0 Å². The summed E-state index contributed by atoms with van der Waals surface area (Å²) in [6.07, 6.45) is 49.6. The molecule has 0 saturated carbocycles. The lowest BCUT2D eigenvalue weighted by molar-refractivity contribution is -0.147. The van der Waals surface area contributed by atoms with Crippen molar-refractivity contribution >= 4 is 17.8 Å². The van der Waals surface area contributed by atoms with E-state index in [0.29, 0.717) is 32.2 Å². The third-order valence-electron chi connectivity index (χ3n) is 8.74. The third-order valence-corrected chi connectivity index (χ3v) is 8.74. The SMILES string of the molecule is CC/C=C\C/C=C\C/C=C\C/C=C\C(CCCCCCCC(=O)NC(CCCN)C(=O)O)OC(=O)CCCCCCC/C=C\C/C=C\CCCCC. The number of carbonyl (C=O) groups excluding carboxylic acids is 2. The molecule has 0 saturated heterocycles. The molecule has 0 heterocycles. The molecule has 0 aliphatic rings. The van der Waals surface area contributed by atoms with Crippen LogP contribution >= 0.6 is 0 Å². The number of nitrogens with two attached hydrogens (primary N) is 1. The minimum Gasteiger partial charge on any atom is -0.480 e. The zero-order chi connectivity index (χ0) is 38.2. The number of amides is 1. The fourth-order valence-corrected chi connectivity index (χ4v) is 5.62. The van der Waals surface area contributed by atoms with Crippen LogP contribution in [0.1, 0.15) is 174 Å². The van der Waals surface area contributed by atoms with Crippen LogP contribution < -0.4 is 11.1 Å². The van der Waals surface area contributed by atoms with Crippen LogP contribution in [-0.4, -0.2) is 41.6 Å². The first-order valence-corrected chi connectivity index (χ1v) is 20.8.